The Balaban J connectivity index is 1.46. The van der Waals surface area contributed by atoms with E-state index in [4.69, 9.17) is 14.2 Å². The fourth-order valence-corrected chi connectivity index (χ4v) is 2.87. The summed E-state index contributed by atoms with van der Waals surface area (Å²) < 4.78 is 16.3. The summed E-state index contributed by atoms with van der Waals surface area (Å²) in [6.07, 6.45) is 2.50. The third-order valence-corrected chi connectivity index (χ3v) is 4.02. The first-order valence-electron chi connectivity index (χ1n) is 8.14. The van der Waals surface area contributed by atoms with Crippen molar-refractivity contribution in [1.82, 2.24) is 9.97 Å². The molecule has 0 amide bonds. The van der Waals surface area contributed by atoms with Crippen LogP contribution in [-0.4, -0.2) is 36.0 Å². The highest BCUT2D eigenvalue weighted by atomic mass is 16.7. The molecule has 7 nitrogen and oxygen atoms in total. The lowest BCUT2D eigenvalue weighted by Crippen LogP contribution is -2.19. The van der Waals surface area contributed by atoms with E-state index in [-0.39, 0.29) is 12.9 Å². The molecule has 1 aromatic heterocycles. The normalized spacial score (nSPS) is 18.6. The fourth-order valence-electron chi connectivity index (χ4n) is 2.87. The molecule has 2 aliphatic heterocycles. The Labute approximate surface area is 140 Å². The molecule has 4 rings (SSSR count). The molecule has 0 spiro atoms. The Hall–Kier alpha value is -2.54. The van der Waals surface area contributed by atoms with Crippen molar-refractivity contribution in [3.05, 3.63) is 30.1 Å². The summed E-state index contributed by atoms with van der Waals surface area (Å²) >= 11 is 0. The molecule has 1 aromatic carbocycles. The van der Waals surface area contributed by atoms with Gasteiger partial charge in [0, 0.05) is 31.0 Å². The van der Waals surface area contributed by atoms with Gasteiger partial charge in [-0.3, -0.25) is 0 Å². The number of ether oxygens (including phenoxy) is 3. The number of rotatable bonds is 5. The predicted octanol–water partition coefficient (Wildman–Crippen LogP) is 2.85. The number of aromatic nitrogens is 2. The minimum atomic E-state index is 0.267. The van der Waals surface area contributed by atoms with Gasteiger partial charge in [0.05, 0.1) is 6.10 Å². The standard InChI is InChI=1S/C17H20N4O3/c1-11-19-16(18-9-13-3-2-6-22-13)8-17(20-11)21-12-4-5-14-15(7-12)24-10-23-14/h4-5,7-8,13H,2-3,6,9-10H2,1H3,(H2,18,19,20,21). The van der Waals surface area contributed by atoms with Crippen molar-refractivity contribution < 1.29 is 14.2 Å². The SMILES string of the molecule is Cc1nc(NCC2CCCO2)cc(Nc2ccc3c(c2)OCO3)n1. The number of nitrogens with one attached hydrogen (secondary N) is 2. The second-order valence-corrected chi connectivity index (χ2v) is 5.89. The van der Waals surface area contributed by atoms with Crippen LogP contribution in [0.3, 0.4) is 0 Å². The number of hydrogen-bond acceptors (Lipinski definition) is 7. The van der Waals surface area contributed by atoms with Crippen LogP contribution in [0.2, 0.25) is 0 Å². The van der Waals surface area contributed by atoms with Crippen molar-refractivity contribution in [1.29, 1.82) is 0 Å². The Bertz CT molecular complexity index is 732. The molecule has 1 unspecified atom stereocenters. The summed E-state index contributed by atoms with van der Waals surface area (Å²) in [6, 6.07) is 7.62. The number of nitrogens with zero attached hydrogens (tertiary/aromatic N) is 2. The van der Waals surface area contributed by atoms with Crippen molar-refractivity contribution in [3.8, 4) is 11.5 Å². The van der Waals surface area contributed by atoms with Gasteiger partial charge in [0.2, 0.25) is 6.79 Å². The summed E-state index contributed by atoms with van der Waals surface area (Å²) in [6.45, 7) is 3.76. The van der Waals surface area contributed by atoms with Gasteiger partial charge in [0.1, 0.15) is 17.5 Å². The van der Waals surface area contributed by atoms with Crippen LogP contribution < -0.4 is 20.1 Å². The van der Waals surface area contributed by atoms with Crippen LogP contribution in [0.1, 0.15) is 18.7 Å². The van der Waals surface area contributed by atoms with Crippen molar-refractivity contribution >= 4 is 17.3 Å². The molecule has 126 valence electrons. The van der Waals surface area contributed by atoms with Crippen LogP contribution in [0.4, 0.5) is 17.3 Å². The first-order chi connectivity index (χ1) is 11.8. The first-order valence-corrected chi connectivity index (χ1v) is 8.14. The lowest BCUT2D eigenvalue weighted by molar-refractivity contribution is 0.120. The molecule has 1 saturated heterocycles. The van der Waals surface area contributed by atoms with E-state index >= 15 is 0 Å². The zero-order valence-corrected chi connectivity index (χ0v) is 13.5. The van der Waals surface area contributed by atoms with E-state index in [1.165, 1.54) is 0 Å². The molecule has 1 fully saturated rings. The molecule has 7 heteroatoms. The van der Waals surface area contributed by atoms with E-state index in [0.717, 1.165) is 54.8 Å². The number of aryl methyl sites for hydroxylation is 1. The van der Waals surface area contributed by atoms with Gasteiger partial charge in [-0.05, 0) is 31.9 Å². The quantitative estimate of drug-likeness (QED) is 0.874. The molecule has 0 bridgehead atoms. The molecule has 0 aliphatic carbocycles. The molecule has 0 radical (unpaired) electrons. The summed E-state index contributed by atoms with van der Waals surface area (Å²) in [5.74, 6) is 3.73. The maximum atomic E-state index is 5.63. The molecule has 0 saturated carbocycles. The third-order valence-electron chi connectivity index (χ3n) is 4.02. The maximum Gasteiger partial charge on any atom is 0.231 e. The molecule has 2 N–H and O–H groups in total. The Morgan fingerprint density at radius 3 is 2.88 bits per heavy atom. The Kier molecular flexibility index (Phi) is 4.08. The summed E-state index contributed by atoms with van der Waals surface area (Å²) in [5, 5.41) is 6.62. The van der Waals surface area contributed by atoms with E-state index in [9.17, 15) is 0 Å². The predicted molar refractivity (Wildman–Crippen MR) is 90.1 cm³/mol. The van der Waals surface area contributed by atoms with Crippen LogP contribution in [-0.2, 0) is 4.74 Å². The molecular formula is C17H20N4O3. The van der Waals surface area contributed by atoms with Gasteiger partial charge < -0.3 is 24.8 Å². The highest BCUT2D eigenvalue weighted by Gasteiger charge is 2.16. The summed E-state index contributed by atoms with van der Waals surface area (Å²) in [4.78, 5) is 8.87. The topological polar surface area (TPSA) is 77.5 Å². The smallest absolute Gasteiger partial charge is 0.231 e. The van der Waals surface area contributed by atoms with Gasteiger partial charge in [-0.2, -0.15) is 0 Å². The van der Waals surface area contributed by atoms with Crippen molar-refractivity contribution in [2.45, 2.75) is 25.9 Å². The zero-order chi connectivity index (χ0) is 16.4. The van der Waals surface area contributed by atoms with Gasteiger partial charge in [0.15, 0.2) is 11.5 Å². The first kappa shape index (κ1) is 15.0. The molecule has 1 atom stereocenters. The van der Waals surface area contributed by atoms with Crippen molar-refractivity contribution in [3.63, 3.8) is 0 Å². The molecule has 24 heavy (non-hydrogen) atoms. The number of fused-ring (bicyclic) bond motifs is 1. The summed E-state index contributed by atoms with van der Waals surface area (Å²) in [5.41, 5.74) is 0.891. The Morgan fingerprint density at radius 2 is 2.00 bits per heavy atom. The lowest BCUT2D eigenvalue weighted by atomic mass is 10.2. The van der Waals surface area contributed by atoms with Gasteiger partial charge in [-0.15, -0.1) is 0 Å². The van der Waals surface area contributed by atoms with Crippen LogP contribution >= 0.6 is 0 Å². The van der Waals surface area contributed by atoms with E-state index in [1.807, 2.05) is 31.2 Å². The molecular weight excluding hydrogens is 308 g/mol. The van der Waals surface area contributed by atoms with Crippen LogP contribution in [0.15, 0.2) is 24.3 Å². The van der Waals surface area contributed by atoms with Crippen LogP contribution in [0.25, 0.3) is 0 Å². The zero-order valence-electron chi connectivity index (χ0n) is 13.5. The minimum Gasteiger partial charge on any atom is -0.454 e. The largest absolute Gasteiger partial charge is 0.454 e. The van der Waals surface area contributed by atoms with Gasteiger partial charge >= 0.3 is 0 Å². The third kappa shape index (κ3) is 3.35. The van der Waals surface area contributed by atoms with E-state index in [2.05, 4.69) is 20.6 Å². The number of benzene rings is 1. The molecule has 3 heterocycles. The molecule has 2 aliphatic rings. The highest BCUT2D eigenvalue weighted by Crippen LogP contribution is 2.35. The van der Waals surface area contributed by atoms with Crippen LogP contribution in [0.5, 0.6) is 11.5 Å². The molecule has 2 aromatic rings. The average Bonchev–Trinajstić information content (AvgIpc) is 3.23. The second kappa shape index (κ2) is 6.52. The van der Waals surface area contributed by atoms with E-state index < -0.39 is 0 Å². The van der Waals surface area contributed by atoms with E-state index in [0.29, 0.717) is 5.82 Å². The Morgan fingerprint density at radius 1 is 1.12 bits per heavy atom. The van der Waals surface area contributed by atoms with Gasteiger partial charge in [-0.25, -0.2) is 9.97 Å². The van der Waals surface area contributed by atoms with Crippen molar-refractivity contribution in [2.24, 2.45) is 0 Å². The van der Waals surface area contributed by atoms with E-state index in [1.54, 1.807) is 0 Å². The fraction of sp³-hybridized carbons (Fsp3) is 0.412. The second-order valence-electron chi connectivity index (χ2n) is 5.89. The maximum absolute atomic E-state index is 5.63. The van der Waals surface area contributed by atoms with Crippen molar-refractivity contribution in [2.75, 3.05) is 30.6 Å². The monoisotopic (exact) mass is 328 g/mol. The average molecular weight is 328 g/mol. The summed E-state index contributed by atoms with van der Waals surface area (Å²) in [7, 11) is 0. The highest BCUT2D eigenvalue weighted by molar-refractivity contribution is 5.63. The van der Waals surface area contributed by atoms with Crippen LogP contribution in [0, 0.1) is 6.92 Å². The lowest BCUT2D eigenvalue weighted by Gasteiger charge is -2.13. The number of anilines is 3. The van der Waals surface area contributed by atoms with Gasteiger partial charge in [-0.1, -0.05) is 0 Å². The minimum absolute atomic E-state index is 0.267. The van der Waals surface area contributed by atoms with Gasteiger partial charge in [0.25, 0.3) is 0 Å². The number of hydrogen-bond donors (Lipinski definition) is 2.